The molecule has 4 heteroatoms. The summed E-state index contributed by atoms with van der Waals surface area (Å²) in [5.41, 5.74) is 1.58. The molecular formula is C20H30N2O2. The van der Waals surface area contributed by atoms with Gasteiger partial charge in [-0.15, -0.1) is 0 Å². The molecule has 1 atom stereocenters. The number of nitrogens with zero attached hydrogens (tertiary/aromatic N) is 1. The van der Waals surface area contributed by atoms with Crippen LogP contribution in [-0.4, -0.2) is 32.1 Å². The lowest BCUT2D eigenvalue weighted by Gasteiger charge is -2.33. The summed E-state index contributed by atoms with van der Waals surface area (Å²) in [6.07, 6.45) is 2.53. The normalized spacial score (nSPS) is 23.3. The fourth-order valence-corrected chi connectivity index (χ4v) is 3.71. The standard InChI is InChI=1S/C18H24N2O2.C2H6/c1-13(22-3)12-18(2)15-6-4-5-7-16(15)20(17(18)21)14-8-10-19-11-9-14;1-2/h4-7,14,19H,1,8-12H2,2-3H3;1-2H3. The molecule has 3 rings (SSSR count). The van der Waals surface area contributed by atoms with Gasteiger partial charge in [-0.25, -0.2) is 0 Å². The number of methoxy groups -OCH3 is 1. The molecule has 0 aromatic heterocycles. The molecule has 0 radical (unpaired) electrons. The van der Waals surface area contributed by atoms with Gasteiger partial charge in [-0.1, -0.05) is 38.6 Å². The smallest absolute Gasteiger partial charge is 0.238 e. The minimum atomic E-state index is -0.575. The Kier molecular flexibility index (Phi) is 6.05. The predicted octanol–water partition coefficient (Wildman–Crippen LogP) is 3.62. The van der Waals surface area contributed by atoms with Gasteiger partial charge in [0.25, 0.3) is 0 Å². The van der Waals surface area contributed by atoms with Gasteiger partial charge < -0.3 is 15.0 Å². The summed E-state index contributed by atoms with van der Waals surface area (Å²) in [6.45, 7) is 11.9. The van der Waals surface area contributed by atoms with E-state index in [1.807, 2.05) is 37.8 Å². The number of carbonyl (C=O) groups is 1. The van der Waals surface area contributed by atoms with Crippen LogP contribution in [0.1, 0.15) is 45.6 Å². The molecule has 1 amide bonds. The molecule has 24 heavy (non-hydrogen) atoms. The Hall–Kier alpha value is -1.81. The maximum absolute atomic E-state index is 13.2. The Balaban J connectivity index is 0.00000100. The molecule has 0 aliphatic carbocycles. The average molecular weight is 330 g/mol. The van der Waals surface area contributed by atoms with Crippen molar-refractivity contribution in [3.05, 3.63) is 42.2 Å². The molecule has 2 aliphatic heterocycles. The van der Waals surface area contributed by atoms with Gasteiger partial charge in [0.15, 0.2) is 0 Å². The van der Waals surface area contributed by atoms with Gasteiger partial charge in [0, 0.05) is 18.2 Å². The zero-order valence-corrected chi connectivity index (χ0v) is 15.4. The highest BCUT2D eigenvalue weighted by Gasteiger charge is 2.49. The van der Waals surface area contributed by atoms with Crippen LogP contribution >= 0.6 is 0 Å². The fraction of sp³-hybridized carbons (Fsp3) is 0.550. The van der Waals surface area contributed by atoms with E-state index in [2.05, 4.69) is 24.0 Å². The number of para-hydroxylation sites is 1. The lowest BCUT2D eigenvalue weighted by molar-refractivity contribution is -0.123. The van der Waals surface area contributed by atoms with E-state index < -0.39 is 5.41 Å². The number of hydrogen-bond donors (Lipinski definition) is 1. The molecule has 1 saturated heterocycles. The van der Waals surface area contributed by atoms with Crippen molar-refractivity contribution < 1.29 is 9.53 Å². The monoisotopic (exact) mass is 330 g/mol. The van der Waals surface area contributed by atoms with Crippen LogP contribution in [0.2, 0.25) is 0 Å². The number of nitrogens with one attached hydrogen (secondary N) is 1. The molecular weight excluding hydrogens is 300 g/mol. The number of allylic oxidation sites excluding steroid dienone is 1. The third kappa shape index (κ3) is 3.20. The summed E-state index contributed by atoms with van der Waals surface area (Å²) in [7, 11) is 1.61. The van der Waals surface area contributed by atoms with E-state index in [4.69, 9.17) is 4.74 Å². The van der Waals surface area contributed by atoms with Crippen molar-refractivity contribution in [2.24, 2.45) is 0 Å². The molecule has 2 heterocycles. The number of carbonyl (C=O) groups excluding carboxylic acids is 1. The lowest BCUT2D eigenvalue weighted by Crippen LogP contribution is -2.48. The van der Waals surface area contributed by atoms with Crippen molar-refractivity contribution in [2.45, 2.75) is 51.5 Å². The summed E-state index contributed by atoms with van der Waals surface area (Å²) in [4.78, 5) is 15.3. The van der Waals surface area contributed by atoms with E-state index in [1.165, 1.54) is 0 Å². The first-order chi connectivity index (χ1) is 11.6. The highest BCUT2D eigenvalue weighted by Crippen LogP contribution is 2.46. The minimum Gasteiger partial charge on any atom is -0.502 e. The van der Waals surface area contributed by atoms with E-state index in [-0.39, 0.29) is 11.9 Å². The van der Waals surface area contributed by atoms with Crippen molar-refractivity contribution in [2.75, 3.05) is 25.1 Å². The third-order valence-electron chi connectivity index (χ3n) is 4.96. The van der Waals surface area contributed by atoms with E-state index in [1.54, 1.807) is 7.11 Å². The number of ether oxygens (including phenoxy) is 1. The van der Waals surface area contributed by atoms with E-state index in [0.717, 1.165) is 37.2 Å². The van der Waals surface area contributed by atoms with Crippen LogP contribution in [0.15, 0.2) is 36.6 Å². The summed E-state index contributed by atoms with van der Waals surface area (Å²) in [6, 6.07) is 8.43. The summed E-state index contributed by atoms with van der Waals surface area (Å²) < 4.78 is 5.25. The third-order valence-corrected chi connectivity index (χ3v) is 4.96. The van der Waals surface area contributed by atoms with Crippen LogP contribution in [0.5, 0.6) is 0 Å². The largest absolute Gasteiger partial charge is 0.502 e. The van der Waals surface area contributed by atoms with Gasteiger partial charge in [-0.2, -0.15) is 0 Å². The zero-order chi connectivity index (χ0) is 17.7. The van der Waals surface area contributed by atoms with Gasteiger partial charge in [-0.05, 0) is 44.5 Å². The van der Waals surface area contributed by atoms with Crippen molar-refractivity contribution in [3.63, 3.8) is 0 Å². The topological polar surface area (TPSA) is 41.6 Å². The maximum Gasteiger partial charge on any atom is 0.238 e. The zero-order valence-electron chi connectivity index (χ0n) is 15.4. The van der Waals surface area contributed by atoms with Crippen LogP contribution < -0.4 is 10.2 Å². The molecule has 0 spiro atoms. The Labute approximate surface area is 145 Å². The second-order valence-corrected chi connectivity index (χ2v) is 6.43. The van der Waals surface area contributed by atoms with Crippen molar-refractivity contribution in [3.8, 4) is 0 Å². The van der Waals surface area contributed by atoms with Crippen LogP contribution in [-0.2, 0) is 14.9 Å². The van der Waals surface area contributed by atoms with Gasteiger partial charge in [-0.3, -0.25) is 4.79 Å². The molecule has 1 aromatic rings. The molecule has 1 N–H and O–H groups in total. The number of fused-ring (bicyclic) bond motifs is 1. The van der Waals surface area contributed by atoms with Crippen molar-refractivity contribution in [1.29, 1.82) is 0 Å². The van der Waals surface area contributed by atoms with Gasteiger partial charge in [0.2, 0.25) is 5.91 Å². The second-order valence-electron chi connectivity index (χ2n) is 6.43. The molecule has 0 bridgehead atoms. The summed E-state index contributed by atoms with van der Waals surface area (Å²) >= 11 is 0. The first kappa shape index (κ1) is 18.5. The van der Waals surface area contributed by atoms with E-state index in [0.29, 0.717) is 12.2 Å². The predicted molar refractivity (Wildman–Crippen MR) is 99.3 cm³/mol. The molecule has 4 nitrogen and oxygen atoms in total. The highest BCUT2D eigenvalue weighted by atomic mass is 16.5. The number of amides is 1. The van der Waals surface area contributed by atoms with Crippen LogP contribution in [0.25, 0.3) is 0 Å². The van der Waals surface area contributed by atoms with Crippen LogP contribution in [0, 0.1) is 0 Å². The summed E-state index contributed by atoms with van der Waals surface area (Å²) in [5.74, 6) is 0.830. The Bertz CT molecular complexity index is 593. The van der Waals surface area contributed by atoms with Crippen molar-refractivity contribution in [1.82, 2.24) is 5.32 Å². The first-order valence-electron chi connectivity index (χ1n) is 8.93. The van der Waals surface area contributed by atoms with E-state index >= 15 is 0 Å². The van der Waals surface area contributed by atoms with Crippen LogP contribution in [0.4, 0.5) is 5.69 Å². The van der Waals surface area contributed by atoms with Gasteiger partial charge in [0.1, 0.15) is 0 Å². The SMILES string of the molecule is C=C(CC1(C)C(=O)N(C2CCNCC2)c2ccccc21)OC.CC. The average Bonchev–Trinajstić information content (AvgIpc) is 2.85. The minimum absolute atomic E-state index is 0.179. The Morgan fingerprint density at radius 2 is 1.96 bits per heavy atom. The Morgan fingerprint density at radius 1 is 1.33 bits per heavy atom. The first-order valence-corrected chi connectivity index (χ1v) is 8.93. The maximum atomic E-state index is 13.2. The molecule has 1 aromatic carbocycles. The molecule has 1 fully saturated rings. The second kappa shape index (κ2) is 7.84. The number of hydrogen-bond acceptors (Lipinski definition) is 3. The fourth-order valence-electron chi connectivity index (χ4n) is 3.71. The lowest BCUT2D eigenvalue weighted by atomic mass is 9.80. The molecule has 0 saturated carbocycles. The van der Waals surface area contributed by atoms with E-state index in [9.17, 15) is 4.79 Å². The molecule has 2 aliphatic rings. The van der Waals surface area contributed by atoms with Gasteiger partial charge in [0.05, 0.1) is 18.3 Å². The van der Waals surface area contributed by atoms with Crippen LogP contribution in [0.3, 0.4) is 0 Å². The number of piperidine rings is 1. The van der Waals surface area contributed by atoms with Crippen molar-refractivity contribution >= 4 is 11.6 Å². The number of anilines is 1. The summed E-state index contributed by atoms with van der Waals surface area (Å²) in [5, 5.41) is 3.37. The van der Waals surface area contributed by atoms with Gasteiger partial charge >= 0.3 is 0 Å². The quantitative estimate of drug-likeness (QED) is 0.857. The molecule has 132 valence electrons. The number of rotatable bonds is 4. The number of benzene rings is 1. The molecule has 1 unspecified atom stereocenters. The highest BCUT2D eigenvalue weighted by molar-refractivity contribution is 6.08. The Morgan fingerprint density at radius 3 is 2.58 bits per heavy atom.